The number of rotatable bonds is 3. The minimum Gasteiger partial charge on any atom is -0.343 e. The highest BCUT2D eigenvalue weighted by Gasteiger charge is 2.47. The highest BCUT2D eigenvalue weighted by molar-refractivity contribution is 5.83. The Kier molecular flexibility index (Phi) is 4.44. The van der Waals surface area contributed by atoms with Crippen LogP contribution in [0.4, 0.5) is 0 Å². The largest absolute Gasteiger partial charge is 0.343 e. The molecule has 0 aromatic carbocycles. The molecule has 1 amide bonds. The lowest BCUT2D eigenvalue weighted by Crippen LogP contribution is -2.70. The molecule has 106 valence electrons. The predicted octanol–water partition coefficient (Wildman–Crippen LogP) is 1.32. The van der Waals surface area contributed by atoms with Crippen LogP contribution in [0.15, 0.2) is 0 Å². The summed E-state index contributed by atoms with van der Waals surface area (Å²) < 4.78 is 0. The second kappa shape index (κ2) is 5.17. The van der Waals surface area contributed by atoms with Gasteiger partial charge in [0.05, 0.1) is 6.04 Å². The highest BCUT2D eigenvalue weighted by atomic mass is 16.2. The Bertz CT molecular complexity index is 307. The molecule has 0 aromatic heterocycles. The molecule has 1 saturated heterocycles. The predicted molar refractivity (Wildman–Crippen MR) is 75.6 cm³/mol. The molecule has 1 atom stereocenters. The normalized spacial score (nSPS) is 25.6. The van der Waals surface area contributed by atoms with E-state index in [4.69, 9.17) is 0 Å². The molecule has 0 aromatic rings. The second-order valence-corrected chi connectivity index (χ2v) is 6.96. The minimum absolute atomic E-state index is 0.00116. The molecule has 18 heavy (non-hydrogen) atoms. The van der Waals surface area contributed by atoms with Gasteiger partial charge in [0, 0.05) is 24.7 Å². The topological polar surface area (TPSA) is 35.6 Å². The van der Waals surface area contributed by atoms with Crippen molar-refractivity contribution in [2.45, 2.75) is 58.2 Å². The first-order valence-electron chi connectivity index (χ1n) is 6.80. The van der Waals surface area contributed by atoms with Crippen molar-refractivity contribution < 1.29 is 4.79 Å². The van der Waals surface area contributed by atoms with E-state index in [1.165, 1.54) is 0 Å². The molecule has 1 aliphatic rings. The van der Waals surface area contributed by atoms with Crippen LogP contribution in [0.25, 0.3) is 0 Å². The summed E-state index contributed by atoms with van der Waals surface area (Å²) in [6.45, 7) is 12.7. The third-order valence-corrected chi connectivity index (χ3v) is 3.64. The van der Waals surface area contributed by atoms with E-state index in [1.54, 1.807) is 0 Å². The number of piperazine rings is 1. The number of hydrogen-bond acceptors (Lipinski definition) is 3. The Balaban J connectivity index is 3.06. The van der Waals surface area contributed by atoms with Crippen molar-refractivity contribution in [3.63, 3.8) is 0 Å². The van der Waals surface area contributed by atoms with Crippen molar-refractivity contribution in [1.82, 2.24) is 15.1 Å². The van der Waals surface area contributed by atoms with Gasteiger partial charge in [-0.05, 0) is 54.6 Å². The van der Waals surface area contributed by atoms with Crippen LogP contribution in [0.2, 0.25) is 0 Å². The van der Waals surface area contributed by atoms with Crippen molar-refractivity contribution in [3.8, 4) is 0 Å². The fraction of sp³-hybridized carbons (Fsp3) is 0.929. The quantitative estimate of drug-likeness (QED) is 0.826. The number of carbonyl (C=O) groups is 1. The van der Waals surface area contributed by atoms with Crippen LogP contribution < -0.4 is 5.32 Å². The molecule has 4 heteroatoms. The van der Waals surface area contributed by atoms with Gasteiger partial charge in [-0.1, -0.05) is 0 Å². The summed E-state index contributed by atoms with van der Waals surface area (Å²) in [5, 5.41) is 3.15. The molecule has 0 saturated carbocycles. The summed E-state index contributed by atoms with van der Waals surface area (Å²) in [4.78, 5) is 16.7. The molecule has 0 bridgehead atoms. The van der Waals surface area contributed by atoms with E-state index in [0.29, 0.717) is 0 Å². The third kappa shape index (κ3) is 3.04. The van der Waals surface area contributed by atoms with E-state index in [9.17, 15) is 4.79 Å². The minimum atomic E-state index is -0.0220. The van der Waals surface area contributed by atoms with Crippen molar-refractivity contribution in [3.05, 3.63) is 0 Å². The van der Waals surface area contributed by atoms with Crippen LogP contribution in [-0.4, -0.2) is 60.0 Å². The Morgan fingerprint density at radius 3 is 2.39 bits per heavy atom. The van der Waals surface area contributed by atoms with Gasteiger partial charge >= 0.3 is 0 Å². The second-order valence-electron chi connectivity index (χ2n) is 6.96. The van der Waals surface area contributed by atoms with Crippen molar-refractivity contribution >= 4 is 5.91 Å². The van der Waals surface area contributed by atoms with Crippen LogP contribution in [0.5, 0.6) is 0 Å². The summed E-state index contributed by atoms with van der Waals surface area (Å²) in [6.07, 6.45) is 0.861. The maximum Gasteiger partial charge on any atom is 0.239 e. The molecule has 0 spiro atoms. The van der Waals surface area contributed by atoms with E-state index in [2.05, 4.69) is 44.8 Å². The average molecular weight is 255 g/mol. The first-order valence-corrected chi connectivity index (χ1v) is 6.80. The number of nitrogens with zero attached hydrogens (tertiary/aromatic N) is 2. The molecule has 1 unspecified atom stereocenters. The van der Waals surface area contributed by atoms with Gasteiger partial charge in [0.15, 0.2) is 0 Å². The molecule has 1 aliphatic heterocycles. The van der Waals surface area contributed by atoms with Crippen molar-refractivity contribution in [2.24, 2.45) is 0 Å². The smallest absolute Gasteiger partial charge is 0.239 e. The van der Waals surface area contributed by atoms with E-state index in [0.717, 1.165) is 19.5 Å². The standard InChI is InChI=1S/C14H29N3O/c1-13(2,3)17-11(8-9-15-6)12(18)16(7)10-14(17,4)5/h11,15H,8-10H2,1-7H3. The first-order chi connectivity index (χ1) is 8.11. The maximum absolute atomic E-state index is 12.4. The fourth-order valence-electron chi connectivity index (χ4n) is 3.43. The molecule has 1 rings (SSSR count). The van der Waals surface area contributed by atoms with Gasteiger partial charge in [0.2, 0.25) is 5.91 Å². The van der Waals surface area contributed by atoms with Crippen molar-refractivity contribution in [1.29, 1.82) is 0 Å². The summed E-state index contributed by atoms with van der Waals surface area (Å²) in [6, 6.07) is -0.0220. The Morgan fingerprint density at radius 1 is 1.39 bits per heavy atom. The number of carbonyl (C=O) groups excluding carboxylic acids is 1. The molecular weight excluding hydrogens is 226 g/mol. The number of likely N-dealkylation sites (N-methyl/N-ethyl adjacent to an activating group) is 1. The number of nitrogens with one attached hydrogen (secondary N) is 1. The molecule has 0 radical (unpaired) electrons. The monoisotopic (exact) mass is 255 g/mol. The summed E-state index contributed by atoms with van der Waals surface area (Å²) in [5.41, 5.74) is 0.0120. The third-order valence-electron chi connectivity index (χ3n) is 3.64. The van der Waals surface area contributed by atoms with E-state index >= 15 is 0 Å². The fourth-order valence-corrected chi connectivity index (χ4v) is 3.43. The van der Waals surface area contributed by atoms with Gasteiger partial charge in [-0.25, -0.2) is 0 Å². The van der Waals surface area contributed by atoms with Crippen LogP contribution in [0, 0.1) is 0 Å². The van der Waals surface area contributed by atoms with Gasteiger partial charge in [-0.2, -0.15) is 0 Å². The van der Waals surface area contributed by atoms with Crippen LogP contribution in [-0.2, 0) is 4.79 Å². The number of hydrogen-bond donors (Lipinski definition) is 1. The molecular formula is C14H29N3O. The zero-order valence-electron chi connectivity index (χ0n) is 13.0. The number of amides is 1. The lowest BCUT2D eigenvalue weighted by molar-refractivity contribution is -0.156. The lowest BCUT2D eigenvalue weighted by Gasteiger charge is -2.56. The molecule has 0 aliphatic carbocycles. The van der Waals surface area contributed by atoms with Gasteiger partial charge in [-0.3, -0.25) is 9.69 Å². The summed E-state index contributed by atoms with van der Waals surface area (Å²) >= 11 is 0. The van der Waals surface area contributed by atoms with Gasteiger partial charge < -0.3 is 10.2 Å². The molecule has 1 fully saturated rings. The zero-order valence-corrected chi connectivity index (χ0v) is 13.0. The maximum atomic E-state index is 12.4. The van der Waals surface area contributed by atoms with Gasteiger partial charge in [0.25, 0.3) is 0 Å². The SMILES string of the molecule is CNCCC1C(=O)N(C)CC(C)(C)N1C(C)(C)C. The molecule has 4 nitrogen and oxygen atoms in total. The first kappa shape index (κ1) is 15.4. The Hall–Kier alpha value is -0.610. The lowest BCUT2D eigenvalue weighted by atomic mass is 9.86. The van der Waals surface area contributed by atoms with Crippen LogP contribution in [0.1, 0.15) is 41.0 Å². The van der Waals surface area contributed by atoms with Crippen LogP contribution >= 0.6 is 0 Å². The van der Waals surface area contributed by atoms with Crippen LogP contribution in [0.3, 0.4) is 0 Å². The van der Waals surface area contributed by atoms with E-state index < -0.39 is 0 Å². The zero-order chi connectivity index (χ0) is 14.1. The van der Waals surface area contributed by atoms with Gasteiger partial charge in [0.1, 0.15) is 0 Å². The average Bonchev–Trinajstić information content (AvgIpc) is 2.18. The summed E-state index contributed by atoms with van der Waals surface area (Å²) in [5.74, 6) is 0.250. The Labute approximate surface area is 112 Å². The van der Waals surface area contributed by atoms with Gasteiger partial charge in [-0.15, -0.1) is 0 Å². The molecule has 1 heterocycles. The molecule has 1 N–H and O–H groups in total. The van der Waals surface area contributed by atoms with Crippen molar-refractivity contribution in [2.75, 3.05) is 27.2 Å². The Morgan fingerprint density at radius 2 is 1.94 bits per heavy atom. The highest BCUT2D eigenvalue weighted by Crippen LogP contribution is 2.33. The van der Waals surface area contributed by atoms with E-state index in [1.807, 2.05) is 19.0 Å². The van der Waals surface area contributed by atoms with E-state index in [-0.39, 0.29) is 23.0 Å². The summed E-state index contributed by atoms with van der Waals surface area (Å²) in [7, 11) is 3.85.